The zero-order valence-corrected chi connectivity index (χ0v) is 11.0. The van der Waals surface area contributed by atoms with Crippen molar-refractivity contribution in [3.63, 3.8) is 0 Å². The van der Waals surface area contributed by atoms with Gasteiger partial charge in [-0.2, -0.15) is 8.42 Å². The number of halogens is 2. The van der Waals surface area contributed by atoms with Crippen molar-refractivity contribution in [1.29, 1.82) is 0 Å². The number of hydrogen-bond acceptors (Lipinski definition) is 6. The minimum atomic E-state index is -4.41. The molecule has 1 heterocycles. The van der Waals surface area contributed by atoms with E-state index >= 15 is 0 Å². The van der Waals surface area contributed by atoms with Gasteiger partial charge in [0.25, 0.3) is 0 Å². The van der Waals surface area contributed by atoms with Gasteiger partial charge < -0.3 is 8.92 Å². The standard InChI is InChI=1S/C8H8ClFO5S2/c1-2-3-14-8(11)7-6(5(10)4-16-7)15-17(9,12)13/h4H,2-3H2,1H3. The molecular formula is C8H8ClFO5S2. The first-order chi connectivity index (χ1) is 7.85. The smallest absolute Gasteiger partial charge is 0.401 e. The monoisotopic (exact) mass is 302 g/mol. The van der Waals surface area contributed by atoms with E-state index in [-0.39, 0.29) is 11.5 Å². The molecule has 0 atom stereocenters. The summed E-state index contributed by atoms with van der Waals surface area (Å²) in [7, 11) is 0.398. The van der Waals surface area contributed by atoms with Gasteiger partial charge in [0, 0.05) is 5.38 Å². The lowest BCUT2D eigenvalue weighted by Gasteiger charge is -2.03. The van der Waals surface area contributed by atoms with Crippen molar-refractivity contribution in [2.45, 2.75) is 13.3 Å². The van der Waals surface area contributed by atoms with Crippen LogP contribution in [0, 0.1) is 5.82 Å². The fourth-order valence-corrected chi connectivity index (χ4v) is 2.24. The second-order valence-corrected chi connectivity index (χ2v) is 5.82. The SMILES string of the molecule is CCCOC(=O)c1scc(F)c1OS(=O)(=O)Cl. The van der Waals surface area contributed by atoms with Crippen molar-refractivity contribution in [3.05, 3.63) is 16.1 Å². The largest absolute Gasteiger partial charge is 0.461 e. The maximum Gasteiger partial charge on any atom is 0.401 e. The molecule has 0 saturated heterocycles. The van der Waals surface area contributed by atoms with Crippen LogP contribution in [-0.2, 0) is 14.1 Å². The number of esters is 1. The van der Waals surface area contributed by atoms with Gasteiger partial charge in [-0.05, 0) is 6.42 Å². The number of carbonyl (C=O) groups is 1. The van der Waals surface area contributed by atoms with Crippen LogP contribution < -0.4 is 4.18 Å². The lowest BCUT2D eigenvalue weighted by molar-refractivity contribution is 0.0508. The number of ether oxygens (including phenoxy) is 1. The quantitative estimate of drug-likeness (QED) is 0.616. The van der Waals surface area contributed by atoms with Crippen molar-refractivity contribution < 1.29 is 26.5 Å². The van der Waals surface area contributed by atoms with Crippen LogP contribution in [0.4, 0.5) is 4.39 Å². The van der Waals surface area contributed by atoms with Gasteiger partial charge in [0.1, 0.15) is 0 Å². The van der Waals surface area contributed by atoms with E-state index in [1.807, 2.05) is 0 Å². The molecule has 0 aliphatic carbocycles. The van der Waals surface area contributed by atoms with E-state index in [2.05, 4.69) is 4.18 Å². The molecule has 96 valence electrons. The van der Waals surface area contributed by atoms with E-state index in [0.29, 0.717) is 17.8 Å². The fourth-order valence-electron chi connectivity index (χ4n) is 0.904. The Balaban J connectivity index is 2.97. The van der Waals surface area contributed by atoms with Gasteiger partial charge >= 0.3 is 15.3 Å². The van der Waals surface area contributed by atoms with Crippen LogP contribution in [0.1, 0.15) is 23.0 Å². The first-order valence-electron chi connectivity index (χ1n) is 4.43. The van der Waals surface area contributed by atoms with Crippen LogP contribution in [0.3, 0.4) is 0 Å². The molecule has 0 spiro atoms. The van der Waals surface area contributed by atoms with Crippen LogP contribution in [0.15, 0.2) is 5.38 Å². The zero-order chi connectivity index (χ0) is 13.1. The Morgan fingerprint density at radius 1 is 1.59 bits per heavy atom. The highest BCUT2D eigenvalue weighted by molar-refractivity contribution is 8.10. The van der Waals surface area contributed by atoms with E-state index in [1.165, 1.54) is 0 Å². The Morgan fingerprint density at radius 3 is 2.76 bits per heavy atom. The Kier molecular flexibility index (Phi) is 4.72. The summed E-state index contributed by atoms with van der Waals surface area (Å²) in [5, 5.41) is 0.930. The van der Waals surface area contributed by atoms with Crippen molar-refractivity contribution in [2.75, 3.05) is 6.61 Å². The normalized spacial score (nSPS) is 11.2. The van der Waals surface area contributed by atoms with Crippen LogP contribution in [0.5, 0.6) is 5.75 Å². The first kappa shape index (κ1) is 14.2. The fraction of sp³-hybridized carbons (Fsp3) is 0.375. The molecule has 9 heteroatoms. The number of thiophene rings is 1. The summed E-state index contributed by atoms with van der Waals surface area (Å²) in [4.78, 5) is 11.1. The van der Waals surface area contributed by atoms with Crippen molar-refractivity contribution in [2.24, 2.45) is 0 Å². The number of rotatable bonds is 5. The average Bonchev–Trinajstić information content (AvgIpc) is 2.55. The lowest BCUT2D eigenvalue weighted by Crippen LogP contribution is -2.08. The molecule has 0 radical (unpaired) electrons. The van der Waals surface area contributed by atoms with Gasteiger partial charge in [0.05, 0.1) is 17.3 Å². The molecule has 1 rings (SSSR count). The van der Waals surface area contributed by atoms with Gasteiger partial charge in [-0.15, -0.1) is 11.3 Å². The van der Waals surface area contributed by atoms with Gasteiger partial charge in [-0.3, -0.25) is 0 Å². The Bertz CT molecular complexity index is 510. The van der Waals surface area contributed by atoms with Crippen molar-refractivity contribution >= 4 is 37.3 Å². The summed E-state index contributed by atoms with van der Waals surface area (Å²) in [6.45, 7) is 1.92. The molecular weight excluding hydrogens is 295 g/mol. The maximum atomic E-state index is 13.2. The predicted molar refractivity (Wildman–Crippen MR) is 60.3 cm³/mol. The molecule has 1 aromatic rings. The highest BCUT2D eigenvalue weighted by Crippen LogP contribution is 2.31. The van der Waals surface area contributed by atoms with E-state index in [4.69, 9.17) is 15.4 Å². The summed E-state index contributed by atoms with van der Waals surface area (Å²) < 4.78 is 43.4. The predicted octanol–water partition coefficient (Wildman–Crippen LogP) is 2.32. The maximum absolute atomic E-state index is 13.2. The summed E-state index contributed by atoms with van der Waals surface area (Å²) in [5.74, 6) is -2.56. The number of hydrogen-bond donors (Lipinski definition) is 0. The third-order valence-electron chi connectivity index (χ3n) is 1.51. The third kappa shape index (κ3) is 4.14. The van der Waals surface area contributed by atoms with Crippen molar-refractivity contribution in [3.8, 4) is 5.75 Å². The van der Waals surface area contributed by atoms with Crippen LogP contribution in [0.2, 0.25) is 0 Å². The molecule has 0 aromatic carbocycles. The van der Waals surface area contributed by atoms with E-state index < -0.39 is 26.9 Å². The average molecular weight is 303 g/mol. The van der Waals surface area contributed by atoms with Gasteiger partial charge in [-0.1, -0.05) is 6.92 Å². The Morgan fingerprint density at radius 2 is 2.24 bits per heavy atom. The Labute approximate surface area is 106 Å². The molecule has 0 aliphatic heterocycles. The molecule has 0 amide bonds. The van der Waals surface area contributed by atoms with Crippen LogP contribution in [0.25, 0.3) is 0 Å². The molecule has 0 bridgehead atoms. The Hall–Kier alpha value is -0.860. The summed E-state index contributed by atoms with van der Waals surface area (Å²) in [6, 6.07) is 0. The second-order valence-electron chi connectivity index (χ2n) is 2.85. The van der Waals surface area contributed by atoms with Gasteiger partial charge in [0.2, 0.25) is 5.75 Å². The first-order valence-corrected chi connectivity index (χ1v) is 7.54. The molecule has 0 saturated carbocycles. The highest BCUT2D eigenvalue weighted by atomic mass is 35.7. The molecule has 5 nitrogen and oxygen atoms in total. The molecule has 0 unspecified atom stereocenters. The third-order valence-corrected chi connectivity index (χ3v) is 2.98. The molecule has 1 aromatic heterocycles. The molecule has 0 fully saturated rings. The second kappa shape index (κ2) is 5.65. The molecule has 0 N–H and O–H groups in total. The number of carbonyl (C=O) groups excluding carboxylic acids is 1. The zero-order valence-electron chi connectivity index (χ0n) is 8.61. The van der Waals surface area contributed by atoms with Gasteiger partial charge in [-0.25, -0.2) is 9.18 Å². The van der Waals surface area contributed by atoms with Crippen LogP contribution >= 0.6 is 22.0 Å². The van der Waals surface area contributed by atoms with Crippen molar-refractivity contribution in [1.82, 2.24) is 0 Å². The van der Waals surface area contributed by atoms with E-state index in [1.54, 1.807) is 6.92 Å². The van der Waals surface area contributed by atoms with Crippen LogP contribution in [-0.4, -0.2) is 21.0 Å². The minimum Gasteiger partial charge on any atom is -0.461 e. The minimum absolute atomic E-state index is 0.144. The van der Waals surface area contributed by atoms with Gasteiger partial charge in [0.15, 0.2) is 10.7 Å². The highest BCUT2D eigenvalue weighted by Gasteiger charge is 2.24. The van der Waals surface area contributed by atoms with E-state index in [9.17, 15) is 17.6 Å². The molecule has 0 aliphatic rings. The summed E-state index contributed by atoms with van der Waals surface area (Å²) in [6.07, 6.45) is 0.587. The summed E-state index contributed by atoms with van der Waals surface area (Å²) >= 11 is 0.678. The molecule has 17 heavy (non-hydrogen) atoms. The summed E-state index contributed by atoms with van der Waals surface area (Å²) in [5.41, 5.74) is 0. The topological polar surface area (TPSA) is 69.7 Å². The van der Waals surface area contributed by atoms with E-state index in [0.717, 1.165) is 5.38 Å². The lowest BCUT2D eigenvalue weighted by atomic mass is 10.4.